The molecule has 1 unspecified atom stereocenters. The molecule has 0 bridgehead atoms. The second-order valence-corrected chi connectivity index (χ2v) is 3.84. The van der Waals surface area contributed by atoms with Gasteiger partial charge in [-0.2, -0.15) is 0 Å². The lowest BCUT2D eigenvalue weighted by atomic mass is 10.1. The third-order valence-corrected chi connectivity index (χ3v) is 2.54. The Kier molecular flexibility index (Phi) is 5.55. The molecular weight excluding hydrogens is 216 g/mol. The molecule has 92 valence electrons. The molecule has 0 amide bonds. The molecule has 1 aromatic rings. The van der Waals surface area contributed by atoms with Crippen LogP contribution in [0.1, 0.15) is 18.9 Å². The summed E-state index contributed by atoms with van der Waals surface area (Å²) in [5, 5.41) is 9.59. The van der Waals surface area contributed by atoms with Crippen molar-refractivity contribution in [1.29, 1.82) is 0 Å². The van der Waals surface area contributed by atoms with E-state index >= 15 is 0 Å². The number of rotatable bonds is 6. The summed E-state index contributed by atoms with van der Waals surface area (Å²) in [6.07, 6.45) is 4.55. The van der Waals surface area contributed by atoms with Crippen molar-refractivity contribution in [2.75, 3.05) is 7.11 Å². The molecule has 0 heterocycles. The van der Waals surface area contributed by atoms with Crippen molar-refractivity contribution in [3.05, 3.63) is 29.8 Å². The van der Waals surface area contributed by atoms with Crippen molar-refractivity contribution < 1.29 is 14.6 Å². The van der Waals surface area contributed by atoms with Gasteiger partial charge in [0, 0.05) is 6.42 Å². The van der Waals surface area contributed by atoms with Gasteiger partial charge < -0.3 is 14.6 Å². The molecule has 1 aromatic carbocycles. The van der Waals surface area contributed by atoms with Crippen molar-refractivity contribution in [3.8, 4) is 18.1 Å². The standard InChI is InChI=1S/C14H18O3/c1-4-5-14(15)11(2)17-10-12-6-8-13(16-3)9-7-12/h1,6-9,11,14-15H,5,10H2,2-3H3/t11-,14?/m1/s1. The van der Waals surface area contributed by atoms with Crippen molar-refractivity contribution in [3.63, 3.8) is 0 Å². The Morgan fingerprint density at radius 2 is 2.00 bits per heavy atom. The van der Waals surface area contributed by atoms with E-state index in [1.807, 2.05) is 31.2 Å². The number of aliphatic hydroxyl groups excluding tert-OH is 1. The largest absolute Gasteiger partial charge is 0.497 e. The number of hydrogen-bond acceptors (Lipinski definition) is 3. The van der Waals surface area contributed by atoms with Gasteiger partial charge in [-0.25, -0.2) is 0 Å². The molecular formula is C14H18O3. The van der Waals surface area contributed by atoms with Gasteiger partial charge in [-0.15, -0.1) is 12.3 Å². The highest BCUT2D eigenvalue weighted by Crippen LogP contribution is 2.13. The minimum Gasteiger partial charge on any atom is -0.497 e. The number of terminal acetylenes is 1. The summed E-state index contributed by atoms with van der Waals surface area (Å²) in [6.45, 7) is 2.26. The van der Waals surface area contributed by atoms with Crippen LogP contribution in [0, 0.1) is 12.3 Å². The van der Waals surface area contributed by atoms with E-state index in [1.54, 1.807) is 7.11 Å². The Hall–Kier alpha value is -1.50. The van der Waals surface area contributed by atoms with E-state index in [1.165, 1.54) is 0 Å². The molecule has 0 fully saturated rings. The molecule has 0 aliphatic carbocycles. The van der Waals surface area contributed by atoms with Crippen LogP contribution in [0.5, 0.6) is 5.75 Å². The molecule has 2 atom stereocenters. The number of benzene rings is 1. The predicted octanol–water partition coefficient (Wildman–Crippen LogP) is 1.98. The van der Waals surface area contributed by atoms with Gasteiger partial charge in [-0.05, 0) is 24.6 Å². The Balaban J connectivity index is 2.42. The monoisotopic (exact) mass is 234 g/mol. The van der Waals surface area contributed by atoms with Crippen molar-refractivity contribution in [2.24, 2.45) is 0 Å². The smallest absolute Gasteiger partial charge is 0.118 e. The van der Waals surface area contributed by atoms with Gasteiger partial charge in [0.1, 0.15) is 5.75 Å². The van der Waals surface area contributed by atoms with Gasteiger partial charge in [0.05, 0.1) is 25.9 Å². The second kappa shape index (κ2) is 6.95. The van der Waals surface area contributed by atoms with E-state index in [0.29, 0.717) is 13.0 Å². The van der Waals surface area contributed by atoms with Crippen LogP contribution in [0.4, 0.5) is 0 Å². The topological polar surface area (TPSA) is 38.7 Å². The van der Waals surface area contributed by atoms with Crippen LogP contribution >= 0.6 is 0 Å². The van der Waals surface area contributed by atoms with Crippen molar-refractivity contribution >= 4 is 0 Å². The Morgan fingerprint density at radius 3 is 2.53 bits per heavy atom. The molecule has 0 aliphatic heterocycles. The number of hydrogen-bond donors (Lipinski definition) is 1. The summed E-state index contributed by atoms with van der Waals surface area (Å²) in [5.41, 5.74) is 1.03. The molecule has 17 heavy (non-hydrogen) atoms. The number of ether oxygens (including phenoxy) is 2. The van der Waals surface area contributed by atoms with Crippen molar-refractivity contribution in [2.45, 2.75) is 32.2 Å². The highest BCUT2D eigenvalue weighted by molar-refractivity contribution is 5.26. The fourth-order valence-electron chi connectivity index (χ4n) is 1.35. The molecule has 1 N–H and O–H groups in total. The zero-order valence-corrected chi connectivity index (χ0v) is 10.2. The maximum Gasteiger partial charge on any atom is 0.118 e. The van der Waals surface area contributed by atoms with Gasteiger partial charge in [-0.3, -0.25) is 0 Å². The zero-order chi connectivity index (χ0) is 12.7. The highest BCUT2D eigenvalue weighted by Gasteiger charge is 2.13. The summed E-state index contributed by atoms with van der Waals surface area (Å²) < 4.78 is 10.6. The first kappa shape index (κ1) is 13.6. The van der Waals surface area contributed by atoms with E-state index in [0.717, 1.165) is 11.3 Å². The quantitative estimate of drug-likeness (QED) is 0.765. The second-order valence-electron chi connectivity index (χ2n) is 3.84. The Morgan fingerprint density at radius 1 is 1.35 bits per heavy atom. The SMILES string of the molecule is C#CCC(O)[C@@H](C)OCc1ccc(OC)cc1. The summed E-state index contributed by atoms with van der Waals surface area (Å²) in [6, 6.07) is 7.61. The molecule has 0 aromatic heterocycles. The lowest BCUT2D eigenvalue weighted by Gasteiger charge is -2.17. The normalized spacial score (nSPS) is 13.8. The summed E-state index contributed by atoms with van der Waals surface area (Å²) >= 11 is 0. The summed E-state index contributed by atoms with van der Waals surface area (Å²) in [4.78, 5) is 0. The molecule has 0 saturated carbocycles. The van der Waals surface area contributed by atoms with Crippen molar-refractivity contribution in [1.82, 2.24) is 0 Å². The first-order valence-electron chi connectivity index (χ1n) is 5.53. The third kappa shape index (κ3) is 4.48. The molecule has 0 spiro atoms. The van der Waals surface area contributed by atoms with Crippen LogP contribution < -0.4 is 4.74 Å². The zero-order valence-electron chi connectivity index (χ0n) is 10.2. The Labute approximate surface area is 102 Å². The van der Waals surface area contributed by atoms with Gasteiger partial charge in [0.2, 0.25) is 0 Å². The fourth-order valence-corrected chi connectivity index (χ4v) is 1.35. The third-order valence-electron chi connectivity index (χ3n) is 2.54. The summed E-state index contributed by atoms with van der Waals surface area (Å²) in [5.74, 6) is 3.23. The van der Waals surface area contributed by atoms with Crippen LogP contribution in [-0.4, -0.2) is 24.4 Å². The lowest BCUT2D eigenvalue weighted by molar-refractivity contribution is -0.0325. The summed E-state index contributed by atoms with van der Waals surface area (Å²) in [7, 11) is 1.63. The number of aliphatic hydroxyl groups is 1. The number of methoxy groups -OCH3 is 1. The average molecular weight is 234 g/mol. The van der Waals surface area contributed by atoms with E-state index < -0.39 is 6.10 Å². The molecule has 3 nitrogen and oxygen atoms in total. The van der Waals surface area contributed by atoms with E-state index in [9.17, 15) is 5.11 Å². The first-order chi connectivity index (χ1) is 8.17. The van der Waals surface area contributed by atoms with Crippen LogP contribution in [0.25, 0.3) is 0 Å². The fraction of sp³-hybridized carbons (Fsp3) is 0.429. The van der Waals surface area contributed by atoms with Crippen LogP contribution in [0.15, 0.2) is 24.3 Å². The molecule has 3 heteroatoms. The van der Waals surface area contributed by atoms with Gasteiger partial charge in [0.25, 0.3) is 0 Å². The molecule has 1 rings (SSSR count). The van der Waals surface area contributed by atoms with Gasteiger partial charge in [-0.1, -0.05) is 12.1 Å². The predicted molar refractivity (Wildman–Crippen MR) is 66.7 cm³/mol. The minimum atomic E-state index is -0.613. The maximum absolute atomic E-state index is 9.59. The van der Waals surface area contributed by atoms with E-state index in [2.05, 4.69) is 5.92 Å². The minimum absolute atomic E-state index is 0.270. The lowest BCUT2D eigenvalue weighted by Crippen LogP contribution is -2.25. The molecule has 0 radical (unpaired) electrons. The molecule has 0 saturated heterocycles. The van der Waals surface area contributed by atoms with Crippen LogP contribution in [-0.2, 0) is 11.3 Å². The van der Waals surface area contributed by atoms with Crippen LogP contribution in [0.3, 0.4) is 0 Å². The van der Waals surface area contributed by atoms with E-state index in [4.69, 9.17) is 15.9 Å². The first-order valence-corrected chi connectivity index (χ1v) is 5.53. The molecule has 0 aliphatic rings. The Bertz CT molecular complexity index is 364. The maximum atomic E-state index is 9.59. The van der Waals surface area contributed by atoms with Gasteiger partial charge >= 0.3 is 0 Å². The highest BCUT2D eigenvalue weighted by atomic mass is 16.5. The average Bonchev–Trinajstić information content (AvgIpc) is 2.36. The van der Waals surface area contributed by atoms with Crippen LogP contribution in [0.2, 0.25) is 0 Å². The van der Waals surface area contributed by atoms with E-state index in [-0.39, 0.29) is 6.10 Å². The van der Waals surface area contributed by atoms with Gasteiger partial charge in [0.15, 0.2) is 0 Å².